The highest BCUT2D eigenvalue weighted by Crippen LogP contribution is 2.27. The molecule has 0 aliphatic heterocycles. The van der Waals surface area contributed by atoms with Crippen LogP contribution in [-0.2, 0) is 9.59 Å². The van der Waals surface area contributed by atoms with E-state index >= 15 is 0 Å². The van der Waals surface area contributed by atoms with E-state index in [1.54, 1.807) is 30.3 Å². The number of nitrogens with one attached hydrogen (secondary N) is 2. The summed E-state index contributed by atoms with van der Waals surface area (Å²) in [6.45, 7) is 4.50. The number of esters is 1. The lowest BCUT2D eigenvalue weighted by atomic mass is 10.0. The average molecular weight is 602 g/mol. The molecule has 3 aromatic carbocycles. The fourth-order valence-electron chi connectivity index (χ4n) is 4.94. The van der Waals surface area contributed by atoms with Crippen molar-refractivity contribution < 1.29 is 23.9 Å². The Hall–Kier alpha value is -4.20. The molecule has 3 rings (SSSR count). The van der Waals surface area contributed by atoms with E-state index in [1.807, 2.05) is 37.3 Å². The van der Waals surface area contributed by atoms with E-state index in [-0.39, 0.29) is 12.5 Å². The Labute approximate surface area is 261 Å². The highest BCUT2D eigenvalue weighted by atomic mass is 16.5. The average Bonchev–Trinajstić information content (AvgIpc) is 3.04. The Morgan fingerprint density at radius 2 is 1.41 bits per heavy atom. The lowest BCUT2D eigenvalue weighted by Gasteiger charge is -2.11. The van der Waals surface area contributed by atoms with E-state index in [4.69, 9.17) is 9.47 Å². The number of carbonyl (C=O) groups excluding carboxylic acids is 3. The van der Waals surface area contributed by atoms with Crippen molar-refractivity contribution >= 4 is 34.8 Å². The predicted molar refractivity (Wildman–Crippen MR) is 176 cm³/mol. The van der Waals surface area contributed by atoms with E-state index in [0.717, 1.165) is 30.0 Å². The fraction of sp³-hybridized carbons (Fsp3) is 0.444. The minimum atomic E-state index is -0.525. The lowest BCUT2D eigenvalue weighted by Crippen LogP contribution is -2.34. The molecule has 0 radical (unpaired) electrons. The maximum Gasteiger partial charge on any atom is 0.343 e. The highest BCUT2D eigenvalue weighted by Gasteiger charge is 2.14. The first kappa shape index (κ1) is 34.3. The van der Waals surface area contributed by atoms with Crippen molar-refractivity contribution in [1.82, 2.24) is 10.7 Å². The second-order valence-corrected chi connectivity index (χ2v) is 10.9. The molecule has 0 atom stereocenters. The van der Waals surface area contributed by atoms with E-state index in [9.17, 15) is 14.4 Å². The van der Waals surface area contributed by atoms with Gasteiger partial charge in [0.15, 0.2) is 0 Å². The molecule has 0 bridgehead atoms. The van der Waals surface area contributed by atoms with Crippen molar-refractivity contribution in [2.75, 3.05) is 13.2 Å². The van der Waals surface area contributed by atoms with Crippen LogP contribution in [0.15, 0.2) is 65.8 Å². The van der Waals surface area contributed by atoms with Crippen LogP contribution >= 0.6 is 0 Å². The maximum absolute atomic E-state index is 12.9. The van der Waals surface area contributed by atoms with Crippen molar-refractivity contribution in [2.24, 2.45) is 5.10 Å². The Kier molecular flexibility index (Phi) is 15.5. The van der Waals surface area contributed by atoms with Gasteiger partial charge in [-0.2, -0.15) is 5.10 Å². The summed E-state index contributed by atoms with van der Waals surface area (Å²) in [7, 11) is 0. The summed E-state index contributed by atoms with van der Waals surface area (Å²) in [6, 6.07) is 17.9. The van der Waals surface area contributed by atoms with Crippen LogP contribution in [0.5, 0.6) is 11.5 Å². The summed E-state index contributed by atoms with van der Waals surface area (Å²) in [4.78, 5) is 37.4. The van der Waals surface area contributed by atoms with Crippen molar-refractivity contribution in [3.8, 4) is 11.5 Å². The zero-order valence-electron chi connectivity index (χ0n) is 26.2. The highest BCUT2D eigenvalue weighted by molar-refractivity contribution is 6.04. The van der Waals surface area contributed by atoms with Crippen LogP contribution in [0.25, 0.3) is 10.8 Å². The van der Waals surface area contributed by atoms with Crippen molar-refractivity contribution in [2.45, 2.75) is 90.9 Å². The van der Waals surface area contributed by atoms with E-state index in [1.165, 1.54) is 57.6 Å². The van der Waals surface area contributed by atoms with Crippen LogP contribution in [0.2, 0.25) is 0 Å². The normalized spacial score (nSPS) is 11.0. The SMILES string of the molecule is CCCCCCCCCCCCCC(=O)NCC(=O)N/N=C/c1c(OC(=O)c2ccc(OCC)cc2)ccc2ccccc12. The summed E-state index contributed by atoms with van der Waals surface area (Å²) in [5, 5.41) is 8.49. The molecule has 2 amide bonds. The van der Waals surface area contributed by atoms with Crippen molar-refractivity contribution in [3.63, 3.8) is 0 Å². The molecule has 0 saturated heterocycles. The molecule has 0 fully saturated rings. The second kappa shape index (κ2) is 19.9. The summed E-state index contributed by atoms with van der Waals surface area (Å²) < 4.78 is 11.2. The second-order valence-electron chi connectivity index (χ2n) is 10.9. The van der Waals surface area contributed by atoms with Gasteiger partial charge in [-0.15, -0.1) is 0 Å². The molecule has 0 spiro atoms. The number of unbranched alkanes of at least 4 members (excludes halogenated alkanes) is 10. The minimum Gasteiger partial charge on any atom is -0.494 e. The molecule has 0 aromatic heterocycles. The van der Waals surface area contributed by atoms with Crippen LogP contribution in [0.3, 0.4) is 0 Å². The third-order valence-electron chi connectivity index (χ3n) is 7.37. The van der Waals surface area contributed by atoms with Gasteiger partial charge >= 0.3 is 5.97 Å². The Morgan fingerprint density at radius 1 is 0.750 bits per heavy atom. The molecule has 0 saturated carbocycles. The van der Waals surface area contributed by atoms with Gasteiger partial charge in [0.05, 0.1) is 24.9 Å². The Bertz CT molecular complexity index is 1350. The number of fused-ring (bicyclic) bond motifs is 1. The topological polar surface area (TPSA) is 106 Å². The molecule has 8 nitrogen and oxygen atoms in total. The lowest BCUT2D eigenvalue weighted by molar-refractivity contribution is -0.126. The molecular formula is C36H47N3O5. The smallest absolute Gasteiger partial charge is 0.343 e. The van der Waals surface area contributed by atoms with Gasteiger partial charge in [-0.3, -0.25) is 9.59 Å². The number of amides is 2. The van der Waals surface area contributed by atoms with E-state index < -0.39 is 11.9 Å². The first-order valence-corrected chi connectivity index (χ1v) is 16.1. The van der Waals surface area contributed by atoms with Gasteiger partial charge < -0.3 is 14.8 Å². The summed E-state index contributed by atoms with van der Waals surface area (Å²) >= 11 is 0. The summed E-state index contributed by atoms with van der Waals surface area (Å²) in [5.74, 6) is -0.133. The first-order chi connectivity index (χ1) is 21.5. The van der Waals surface area contributed by atoms with Gasteiger partial charge in [-0.05, 0) is 54.4 Å². The standard InChI is InChI=1S/C36H47N3O5/c1-3-5-6-7-8-9-10-11-12-13-14-19-34(40)37-27-35(41)39-38-26-32-31-18-16-15-17-28(31)22-25-33(32)44-36(42)29-20-23-30(24-21-29)43-4-2/h15-18,20-26H,3-14,19,27H2,1-2H3,(H,37,40)(H,39,41)/b38-26+. The fourth-order valence-corrected chi connectivity index (χ4v) is 4.94. The van der Waals surface area contributed by atoms with Crippen LogP contribution in [-0.4, -0.2) is 37.1 Å². The molecule has 0 unspecified atom stereocenters. The largest absolute Gasteiger partial charge is 0.494 e. The zero-order chi connectivity index (χ0) is 31.4. The molecule has 8 heteroatoms. The first-order valence-electron chi connectivity index (χ1n) is 16.1. The van der Waals surface area contributed by atoms with Crippen LogP contribution in [0.4, 0.5) is 0 Å². The molecule has 0 aliphatic carbocycles. The van der Waals surface area contributed by atoms with E-state index in [2.05, 4.69) is 22.8 Å². The van der Waals surface area contributed by atoms with Crippen molar-refractivity contribution in [1.29, 1.82) is 0 Å². The van der Waals surface area contributed by atoms with Crippen LogP contribution in [0, 0.1) is 0 Å². The minimum absolute atomic E-state index is 0.141. The van der Waals surface area contributed by atoms with Gasteiger partial charge in [0, 0.05) is 12.0 Å². The molecule has 236 valence electrons. The zero-order valence-corrected chi connectivity index (χ0v) is 26.2. The number of hydrazone groups is 1. The summed E-state index contributed by atoms with van der Waals surface area (Å²) in [5.41, 5.74) is 3.38. The van der Waals surface area contributed by atoms with Crippen molar-refractivity contribution in [3.05, 3.63) is 71.8 Å². The van der Waals surface area contributed by atoms with Crippen LogP contribution in [0.1, 0.15) is 107 Å². The van der Waals surface area contributed by atoms with Gasteiger partial charge in [0.25, 0.3) is 5.91 Å². The van der Waals surface area contributed by atoms with Gasteiger partial charge in [-0.1, -0.05) is 101 Å². The molecule has 0 heterocycles. The number of hydrogen-bond donors (Lipinski definition) is 2. The summed E-state index contributed by atoms with van der Waals surface area (Å²) in [6.07, 6.45) is 15.3. The number of hydrogen-bond acceptors (Lipinski definition) is 6. The van der Waals surface area contributed by atoms with Gasteiger partial charge in [0.2, 0.25) is 5.91 Å². The van der Waals surface area contributed by atoms with E-state index in [0.29, 0.717) is 35.7 Å². The van der Waals surface area contributed by atoms with Gasteiger partial charge in [0.1, 0.15) is 11.5 Å². The number of benzene rings is 3. The quantitative estimate of drug-likeness (QED) is 0.0453. The molecule has 3 aromatic rings. The molecular weight excluding hydrogens is 554 g/mol. The third kappa shape index (κ3) is 12.2. The number of ether oxygens (including phenoxy) is 2. The number of nitrogens with zero attached hydrogens (tertiary/aromatic N) is 1. The van der Waals surface area contributed by atoms with Crippen LogP contribution < -0.4 is 20.2 Å². The molecule has 44 heavy (non-hydrogen) atoms. The molecule has 2 N–H and O–H groups in total. The maximum atomic E-state index is 12.9. The van der Waals surface area contributed by atoms with Gasteiger partial charge in [-0.25, -0.2) is 10.2 Å². The Morgan fingerprint density at radius 3 is 2.09 bits per heavy atom. The monoisotopic (exact) mass is 601 g/mol. The number of carbonyl (C=O) groups is 3. The Balaban J connectivity index is 1.44. The molecule has 0 aliphatic rings. The third-order valence-corrected chi connectivity index (χ3v) is 7.37. The number of rotatable bonds is 20. The predicted octanol–water partition coefficient (Wildman–Crippen LogP) is 7.73.